The van der Waals surface area contributed by atoms with Crippen LogP contribution in [0.5, 0.6) is 0 Å². The molecule has 1 aliphatic heterocycles. The molecule has 1 amide bonds. The normalized spacial score (nSPS) is 20.4. The van der Waals surface area contributed by atoms with Gasteiger partial charge >= 0.3 is 0 Å². The smallest absolute Gasteiger partial charge is 0.251 e. The first-order valence-corrected chi connectivity index (χ1v) is 7.72. The van der Waals surface area contributed by atoms with Crippen molar-refractivity contribution >= 4 is 44.6 Å². The van der Waals surface area contributed by atoms with E-state index in [-0.39, 0.29) is 27.0 Å². The van der Waals surface area contributed by atoms with E-state index < -0.39 is 21.8 Å². The highest BCUT2D eigenvalue weighted by Gasteiger charge is 2.23. The Bertz CT molecular complexity index is 648. The number of amides is 1. The van der Waals surface area contributed by atoms with Crippen LogP contribution in [-0.2, 0) is 9.84 Å². The number of hydrogen-bond acceptors (Lipinski definition) is 4. The predicted octanol–water partition coefficient (Wildman–Crippen LogP) is 1.62. The molecule has 8 heteroatoms. The molecule has 2 rings (SSSR count). The number of carbonyl (C=O) groups is 1. The summed E-state index contributed by atoms with van der Waals surface area (Å²) in [4.78, 5) is 11.9. The molecular weight excluding hydrogens is 311 g/mol. The molecule has 5 nitrogen and oxygen atoms in total. The van der Waals surface area contributed by atoms with Crippen LogP contribution in [-0.4, -0.2) is 26.1 Å². The average Bonchev–Trinajstić information content (AvgIpc) is 2.64. The van der Waals surface area contributed by atoms with Gasteiger partial charge in [0.15, 0.2) is 9.84 Å². The fourth-order valence-corrected chi connectivity index (χ4v) is 3.23. The van der Waals surface area contributed by atoms with Crippen LogP contribution in [0.3, 0.4) is 0 Å². The lowest BCUT2D eigenvalue weighted by Gasteiger charge is -2.11. The van der Waals surface area contributed by atoms with E-state index in [0.29, 0.717) is 0 Å². The summed E-state index contributed by atoms with van der Waals surface area (Å²) >= 11 is 11.6. The Morgan fingerprint density at radius 3 is 2.58 bits per heavy atom. The second-order valence-corrected chi connectivity index (χ2v) is 6.82. The first-order chi connectivity index (χ1) is 8.78. The second kappa shape index (κ2) is 5.03. The number of sulfone groups is 1. The molecule has 19 heavy (non-hydrogen) atoms. The predicted molar refractivity (Wildman–Crippen MR) is 75.1 cm³/mol. The molecule has 1 aliphatic rings. The van der Waals surface area contributed by atoms with Gasteiger partial charge in [-0.1, -0.05) is 23.2 Å². The minimum atomic E-state index is -3.21. The summed E-state index contributed by atoms with van der Waals surface area (Å²) in [5.41, 5.74) is 6.02. The summed E-state index contributed by atoms with van der Waals surface area (Å²) in [5.74, 6) is -0.604. The third kappa shape index (κ3) is 3.20. The lowest BCUT2D eigenvalue weighted by atomic mass is 10.1. The number of anilines is 1. The van der Waals surface area contributed by atoms with Crippen LogP contribution < -0.4 is 11.1 Å². The summed E-state index contributed by atoms with van der Waals surface area (Å²) < 4.78 is 22.4. The standard InChI is InChI=1S/C11H10Cl2N2O3S/c12-8-3-6(4-9(14)10(8)13)11(16)15-7-1-2-19(17,18)5-7/h1-4,7H,5,14H2,(H,15,16). The van der Waals surface area contributed by atoms with Gasteiger partial charge in [-0.25, -0.2) is 8.42 Å². The molecule has 0 aromatic heterocycles. The zero-order chi connectivity index (χ0) is 14.2. The number of benzene rings is 1. The Morgan fingerprint density at radius 1 is 1.37 bits per heavy atom. The van der Waals surface area contributed by atoms with Gasteiger partial charge in [-0.05, 0) is 18.2 Å². The van der Waals surface area contributed by atoms with Crippen LogP contribution in [0.25, 0.3) is 0 Å². The van der Waals surface area contributed by atoms with Crippen molar-refractivity contribution in [1.29, 1.82) is 0 Å². The number of nitrogen functional groups attached to an aromatic ring is 1. The van der Waals surface area contributed by atoms with E-state index in [0.717, 1.165) is 5.41 Å². The van der Waals surface area contributed by atoms with E-state index in [1.807, 2.05) is 0 Å². The monoisotopic (exact) mass is 320 g/mol. The second-order valence-electron chi connectivity index (χ2n) is 4.10. The fourth-order valence-electron chi connectivity index (χ4n) is 1.66. The summed E-state index contributed by atoms with van der Waals surface area (Å²) in [6, 6.07) is 2.22. The Labute approximate surface area is 120 Å². The van der Waals surface area contributed by atoms with E-state index >= 15 is 0 Å². The van der Waals surface area contributed by atoms with Crippen molar-refractivity contribution in [2.45, 2.75) is 6.04 Å². The molecule has 0 radical (unpaired) electrons. The van der Waals surface area contributed by atoms with Crippen molar-refractivity contribution in [2.75, 3.05) is 11.5 Å². The fraction of sp³-hybridized carbons (Fsp3) is 0.182. The van der Waals surface area contributed by atoms with Crippen LogP contribution in [0.1, 0.15) is 10.4 Å². The molecule has 102 valence electrons. The lowest BCUT2D eigenvalue weighted by molar-refractivity contribution is 0.0947. The highest BCUT2D eigenvalue weighted by molar-refractivity contribution is 7.94. The lowest BCUT2D eigenvalue weighted by Crippen LogP contribution is -2.35. The van der Waals surface area contributed by atoms with Crippen LogP contribution in [0.4, 0.5) is 5.69 Å². The molecule has 1 heterocycles. The number of nitrogens with two attached hydrogens (primary N) is 1. The van der Waals surface area contributed by atoms with E-state index in [1.54, 1.807) is 0 Å². The minimum Gasteiger partial charge on any atom is -0.397 e. The third-order valence-corrected chi connectivity index (χ3v) is 4.78. The third-order valence-electron chi connectivity index (χ3n) is 2.57. The first kappa shape index (κ1) is 14.2. The quantitative estimate of drug-likeness (QED) is 0.810. The number of halogens is 2. The van der Waals surface area contributed by atoms with Crippen LogP contribution >= 0.6 is 23.2 Å². The molecule has 0 aliphatic carbocycles. The average molecular weight is 321 g/mol. The van der Waals surface area contributed by atoms with Gasteiger partial charge in [0.1, 0.15) is 0 Å². The van der Waals surface area contributed by atoms with E-state index in [2.05, 4.69) is 5.32 Å². The molecule has 0 fully saturated rings. The van der Waals surface area contributed by atoms with Crippen molar-refractivity contribution in [3.8, 4) is 0 Å². The van der Waals surface area contributed by atoms with Crippen molar-refractivity contribution in [3.05, 3.63) is 39.2 Å². The highest BCUT2D eigenvalue weighted by atomic mass is 35.5. The van der Waals surface area contributed by atoms with E-state index in [4.69, 9.17) is 28.9 Å². The van der Waals surface area contributed by atoms with Gasteiger partial charge in [0.05, 0.1) is 27.5 Å². The van der Waals surface area contributed by atoms with Crippen molar-refractivity contribution < 1.29 is 13.2 Å². The number of carbonyl (C=O) groups excluding carboxylic acids is 1. The summed E-state index contributed by atoms with van der Waals surface area (Å²) in [6.07, 6.45) is 1.42. The zero-order valence-corrected chi connectivity index (χ0v) is 11.9. The van der Waals surface area contributed by atoms with Gasteiger partial charge < -0.3 is 11.1 Å². The molecule has 0 saturated heterocycles. The van der Waals surface area contributed by atoms with E-state index in [1.165, 1.54) is 18.2 Å². The summed E-state index contributed by atoms with van der Waals surface area (Å²) in [5, 5.41) is 4.00. The van der Waals surface area contributed by atoms with E-state index in [9.17, 15) is 13.2 Å². The van der Waals surface area contributed by atoms with Crippen LogP contribution in [0.15, 0.2) is 23.6 Å². The maximum absolute atomic E-state index is 11.9. The van der Waals surface area contributed by atoms with Gasteiger partial charge in [-0.3, -0.25) is 4.79 Å². The molecular formula is C11H10Cl2N2O3S. The molecule has 0 bridgehead atoms. The van der Waals surface area contributed by atoms with Crippen LogP contribution in [0.2, 0.25) is 10.0 Å². The SMILES string of the molecule is Nc1cc(C(=O)NC2C=CS(=O)(=O)C2)cc(Cl)c1Cl. The first-order valence-electron chi connectivity index (χ1n) is 5.25. The van der Waals surface area contributed by atoms with Gasteiger partial charge in [-0.2, -0.15) is 0 Å². The Kier molecular flexibility index (Phi) is 3.75. The van der Waals surface area contributed by atoms with Gasteiger partial charge in [0.2, 0.25) is 0 Å². The Hall–Kier alpha value is -1.24. The molecule has 1 aromatic rings. The number of hydrogen-bond donors (Lipinski definition) is 2. The largest absolute Gasteiger partial charge is 0.397 e. The zero-order valence-electron chi connectivity index (χ0n) is 9.56. The van der Waals surface area contributed by atoms with Crippen molar-refractivity contribution in [3.63, 3.8) is 0 Å². The molecule has 1 atom stereocenters. The van der Waals surface area contributed by atoms with Gasteiger partial charge in [0.25, 0.3) is 5.91 Å². The molecule has 3 N–H and O–H groups in total. The van der Waals surface area contributed by atoms with Crippen LogP contribution in [0, 0.1) is 0 Å². The highest BCUT2D eigenvalue weighted by Crippen LogP contribution is 2.29. The van der Waals surface area contributed by atoms with Crippen molar-refractivity contribution in [2.24, 2.45) is 0 Å². The minimum absolute atomic E-state index is 0.143. The topological polar surface area (TPSA) is 89.3 Å². The maximum Gasteiger partial charge on any atom is 0.251 e. The van der Waals surface area contributed by atoms with Gasteiger partial charge in [-0.15, -0.1) is 0 Å². The molecule has 1 unspecified atom stereocenters. The molecule has 0 saturated carbocycles. The van der Waals surface area contributed by atoms with Crippen molar-refractivity contribution in [1.82, 2.24) is 5.32 Å². The van der Waals surface area contributed by atoms with Gasteiger partial charge in [0, 0.05) is 11.0 Å². The maximum atomic E-state index is 11.9. The Balaban J connectivity index is 2.16. The Morgan fingerprint density at radius 2 is 2.05 bits per heavy atom. The summed E-state index contributed by atoms with van der Waals surface area (Å²) in [7, 11) is -3.21. The summed E-state index contributed by atoms with van der Waals surface area (Å²) in [6.45, 7) is 0. The molecule has 0 spiro atoms. The molecule has 1 aromatic carbocycles. The number of rotatable bonds is 2. The number of nitrogens with one attached hydrogen (secondary N) is 1.